The number of aliphatic hydroxyl groups excluding tert-OH is 1. The van der Waals surface area contributed by atoms with Crippen LogP contribution >= 0.6 is 0 Å². The first-order valence-corrected chi connectivity index (χ1v) is 4.50. The van der Waals surface area contributed by atoms with Crippen molar-refractivity contribution in [3.8, 4) is 11.4 Å². The normalized spacial score (nSPS) is 10.3. The van der Waals surface area contributed by atoms with Crippen molar-refractivity contribution in [3.63, 3.8) is 0 Å². The van der Waals surface area contributed by atoms with E-state index >= 15 is 0 Å². The molecule has 0 aliphatic rings. The van der Waals surface area contributed by atoms with Crippen LogP contribution in [-0.2, 0) is 6.61 Å². The highest BCUT2D eigenvalue weighted by atomic mass is 16.5. The number of aliphatic hydroxyl groups is 1. The van der Waals surface area contributed by atoms with Gasteiger partial charge in [0.2, 0.25) is 0 Å². The van der Waals surface area contributed by atoms with Crippen LogP contribution in [0.4, 0.5) is 0 Å². The fourth-order valence-electron chi connectivity index (χ4n) is 1.37. The lowest BCUT2D eigenvalue weighted by Gasteiger charge is -2.08. The maximum atomic E-state index is 9.09. The van der Waals surface area contributed by atoms with Crippen LogP contribution in [0.5, 0.6) is 5.75 Å². The van der Waals surface area contributed by atoms with Crippen LogP contribution < -0.4 is 4.74 Å². The molecule has 1 heterocycles. The molecule has 0 fully saturated rings. The van der Waals surface area contributed by atoms with E-state index in [-0.39, 0.29) is 6.61 Å². The minimum absolute atomic E-state index is 0.106. The Hall–Kier alpha value is -1.88. The Labute approximate surface area is 86.9 Å². The molecule has 0 radical (unpaired) electrons. The van der Waals surface area contributed by atoms with Gasteiger partial charge < -0.3 is 9.84 Å². The third kappa shape index (κ3) is 1.69. The minimum Gasteiger partial charge on any atom is -0.494 e. The molecule has 2 aromatic rings. The van der Waals surface area contributed by atoms with E-state index in [9.17, 15) is 0 Å². The lowest BCUT2D eigenvalue weighted by molar-refractivity contribution is 0.273. The highest BCUT2D eigenvalue weighted by Gasteiger charge is 2.09. The molecule has 0 saturated carbocycles. The average Bonchev–Trinajstić information content (AvgIpc) is 2.76. The molecule has 15 heavy (non-hydrogen) atoms. The van der Waals surface area contributed by atoms with Crippen molar-refractivity contribution in [2.24, 2.45) is 0 Å². The van der Waals surface area contributed by atoms with E-state index in [2.05, 4.69) is 10.3 Å². The first-order chi connectivity index (χ1) is 7.36. The average molecular weight is 205 g/mol. The van der Waals surface area contributed by atoms with E-state index in [0.717, 1.165) is 5.69 Å². The molecule has 0 spiro atoms. The fraction of sp³-hybridized carbons (Fsp3) is 0.200. The van der Waals surface area contributed by atoms with Crippen molar-refractivity contribution in [2.45, 2.75) is 6.61 Å². The third-order valence-corrected chi connectivity index (χ3v) is 2.10. The molecule has 0 saturated heterocycles. The summed E-state index contributed by atoms with van der Waals surface area (Å²) >= 11 is 0. The maximum Gasteiger partial charge on any atom is 0.144 e. The third-order valence-electron chi connectivity index (χ3n) is 2.10. The number of benzene rings is 1. The van der Waals surface area contributed by atoms with Gasteiger partial charge in [0.1, 0.15) is 11.4 Å². The van der Waals surface area contributed by atoms with Crippen LogP contribution in [0.15, 0.2) is 30.5 Å². The van der Waals surface area contributed by atoms with E-state index in [0.29, 0.717) is 11.4 Å². The molecule has 1 aromatic carbocycles. The molecule has 1 aromatic heterocycles. The molecule has 0 bridgehead atoms. The lowest BCUT2D eigenvalue weighted by atomic mass is 10.3. The maximum absolute atomic E-state index is 9.09. The van der Waals surface area contributed by atoms with Gasteiger partial charge in [-0.05, 0) is 12.1 Å². The number of rotatable bonds is 3. The Morgan fingerprint density at radius 2 is 2.20 bits per heavy atom. The van der Waals surface area contributed by atoms with Gasteiger partial charge in [-0.2, -0.15) is 0 Å². The molecule has 0 unspecified atom stereocenters. The van der Waals surface area contributed by atoms with Gasteiger partial charge in [-0.25, -0.2) is 4.68 Å². The number of methoxy groups -OCH3 is 1. The largest absolute Gasteiger partial charge is 0.494 e. The summed E-state index contributed by atoms with van der Waals surface area (Å²) in [5, 5.41) is 16.7. The molecule has 0 aliphatic carbocycles. The van der Waals surface area contributed by atoms with Gasteiger partial charge >= 0.3 is 0 Å². The number of hydrogen-bond acceptors (Lipinski definition) is 4. The van der Waals surface area contributed by atoms with Gasteiger partial charge in [-0.1, -0.05) is 17.3 Å². The molecule has 1 N–H and O–H groups in total. The predicted octanol–water partition coefficient (Wildman–Crippen LogP) is 0.768. The topological polar surface area (TPSA) is 60.2 Å². The highest BCUT2D eigenvalue weighted by Crippen LogP contribution is 2.22. The summed E-state index contributed by atoms with van der Waals surface area (Å²) in [6.45, 7) is -0.106. The summed E-state index contributed by atoms with van der Waals surface area (Å²) in [7, 11) is 1.59. The van der Waals surface area contributed by atoms with Gasteiger partial charge in [0.05, 0.1) is 25.6 Å². The molecule has 0 aliphatic heterocycles. The van der Waals surface area contributed by atoms with E-state index in [1.165, 1.54) is 6.20 Å². The Morgan fingerprint density at radius 1 is 1.40 bits per heavy atom. The number of hydrogen-bond donors (Lipinski definition) is 1. The van der Waals surface area contributed by atoms with Crippen LogP contribution in [0, 0.1) is 0 Å². The summed E-state index contributed by atoms with van der Waals surface area (Å²) in [5.41, 5.74) is 1.39. The van der Waals surface area contributed by atoms with Gasteiger partial charge in [0.15, 0.2) is 0 Å². The molecular weight excluding hydrogens is 194 g/mol. The number of para-hydroxylation sites is 2. The molecule has 5 nitrogen and oxygen atoms in total. The predicted molar refractivity (Wildman–Crippen MR) is 53.8 cm³/mol. The smallest absolute Gasteiger partial charge is 0.144 e. The van der Waals surface area contributed by atoms with Crippen molar-refractivity contribution >= 4 is 0 Å². The second-order valence-electron chi connectivity index (χ2n) is 2.97. The van der Waals surface area contributed by atoms with Crippen LogP contribution in [0.2, 0.25) is 0 Å². The standard InChI is InChI=1S/C10H11N3O2/c1-15-10-5-3-2-4-9(10)13-8(7-14)6-11-12-13/h2-6,14H,7H2,1H3. The van der Waals surface area contributed by atoms with E-state index in [4.69, 9.17) is 9.84 Å². The molecule has 78 valence electrons. The quantitative estimate of drug-likeness (QED) is 0.804. The summed E-state index contributed by atoms with van der Waals surface area (Å²) in [6, 6.07) is 7.43. The Kier molecular flexibility index (Phi) is 2.64. The van der Waals surface area contributed by atoms with Gasteiger partial charge in [-0.15, -0.1) is 5.10 Å². The zero-order valence-electron chi connectivity index (χ0n) is 8.29. The minimum atomic E-state index is -0.106. The summed E-state index contributed by atoms with van der Waals surface area (Å²) < 4.78 is 6.75. The SMILES string of the molecule is COc1ccccc1-n1nncc1CO. The van der Waals surface area contributed by atoms with Gasteiger partial charge in [-0.3, -0.25) is 0 Å². The second-order valence-corrected chi connectivity index (χ2v) is 2.97. The van der Waals surface area contributed by atoms with E-state index < -0.39 is 0 Å². The Bertz CT molecular complexity index is 453. The van der Waals surface area contributed by atoms with E-state index in [1.807, 2.05) is 24.3 Å². The van der Waals surface area contributed by atoms with Crippen molar-refractivity contribution in [1.29, 1.82) is 0 Å². The van der Waals surface area contributed by atoms with Crippen molar-refractivity contribution in [1.82, 2.24) is 15.0 Å². The first-order valence-electron chi connectivity index (χ1n) is 4.50. The van der Waals surface area contributed by atoms with Crippen molar-refractivity contribution < 1.29 is 9.84 Å². The molecule has 0 amide bonds. The Morgan fingerprint density at radius 3 is 2.93 bits per heavy atom. The summed E-state index contributed by atoms with van der Waals surface area (Å²) in [6.07, 6.45) is 1.52. The number of aromatic nitrogens is 3. The molecular formula is C10H11N3O2. The van der Waals surface area contributed by atoms with E-state index in [1.54, 1.807) is 11.8 Å². The van der Waals surface area contributed by atoms with Crippen LogP contribution in [0.1, 0.15) is 5.69 Å². The number of nitrogens with zero attached hydrogens (tertiary/aromatic N) is 3. The number of ether oxygens (including phenoxy) is 1. The zero-order chi connectivity index (χ0) is 10.7. The van der Waals surface area contributed by atoms with Crippen LogP contribution in [0.3, 0.4) is 0 Å². The monoisotopic (exact) mass is 205 g/mol. The van der Waals surface area contributed by atoms with Crippen molar-refractivity contribution in [2.75, 3.05) is 7.11 Å². The molecule has 2 rings (SSSR count). The molecule has 0 atom stereocenters. The Balaban J connectivity index is 2.53. The first kappa shape index (κ1) is 9.67. The molecule has 5 heteroatoms. The van der Waals surface area contributed by atoms with Gasteiger partial charge in [0.25, 0.3) is 0 Å². The fourth-order valence-corrected chi connectivity index (χ4v) is 1.37. The summed E-state index contributed by atoms with van der Waals surface area (Å²) in [5.74, 6) is 0.692. The zero-order valence-corrected chi connectivity index (χ0v) is 8.29. The lowest BCUT2D eigenvalue weighted by Crippen LogP contribution is -2.04. The summed E-state index contributed by atoms with van der Waals surface area (Å²) in [4.78, 5) is 0. The van der Waals surface area contributed by atoms with Crippen LogP contribution in [-0.4, -0.2) is 27.2 Å². The highest BCUT2D eigenvalue weighted by molar-refractivity contribution is 5.46. The second kappa shape index (κ2) is 4.10. The van der Waals surface area contributed by atoms with Gasteiger partial charge in [0, 0.05) is 0 Å². The van der Waals surface area contributed by atoms with Crippen molar-refractivity contribution in [3.05, 3.63) is 36.2 Å². The van der Waals surface area contributed by atoms with Crippen LogP contribution in [0.25, 0.3) is 5.69 Å².